The van der Waals surface area contributed by atoms with Crippen LogP contribution in [0.15, 0.2) is 30.3 Å². The molecule has 0 aromatic heterocycles. The summed E-state index contributed by atoms with van der Waals surface area (Å²) in [6, 6.07) is 10.4. The third-order valence-electron chi connectivity index (χ3n) is 8.59. The Morgan fingerprint density at radius 1 is 1.05 bits per heavy atom. The zero-order chi connectivity index (χ0) is 28.5. The summed E-state index contributed by atoms with van der Waals surface area (Å²) in [6.07, 6.45) is 11.0. The van der Waals surface area contributed by atoms with Gasteiger partial charge in [-0.3, -0.25) is 14.5 Å². The van der Waals surface area contributed by atoms with E-state index >= 15 is 0 Å². The second-order valence-corrected chi connectivity index (χ2v) is 14.7. The Bertz CT molecular complexity index is 976. The fourth-order valence-electron chi connectivity index (χ4n) is 6.25. The van der Waals surface area contributed by atoms with Crippen molar-refractivity contribution in [3.8, 4) is 0 Å². The molecule has 0 spiro atoms. The molecule has 0 unspecified atom stereocenters. The number of amides is 2. The minimum absolute atomic E-state index is 0. The number of thioether (sulfide) groups is 1. The summed E-state index contributed by atoms with van der Waals surface area (Å²) in [7, 11) is 0. The number of halogens is 1. The Labute approximate surface area is 263 Å². The van der Waals surface area contributed by atoms with E-state index in [1.165, 1.54) is 37.7 Å². The quantitative estimate of drug-likeness (QED) is 0.304. The minimum Gasteiger partial charge on any atom is -0.375 e. The number of nitrogens with zero attached hydrogens (tertiary/aromatic N) is 2. The second-order valence-electron chi connectivity index (χ2n) is 13.3. The third kappa shape index (κ3) is 11.0. The number of rotatable bonds is 10. The van der Waals surface area contributed by atoms with Crippen LogP contribution in [0.3, 0.4) is 0 Å². The van der Waals surface area contributed by atoms with E-state index in [4.69, 9.17) is 12.2 Å². The molecule has 2 N–H and O–H groups in total. The summed E-state index contributed by atoms with van der Waals surface area (Å²) in [6.45, 7) is 9.28. The molecule has 2 saturated heterocycles. The van der Waals surface area contributed by atoms with Gasteiger partial charge < -0.3 is 15.5 Å². The first-order valence-corrected chi connectivity index (χ1v) is 17.0. The monoisotopic (exact) mass is 622 g/mol. The van der Waals surface area contributed by atoms with Gasteiger partial charge in [0.2, 0.25) is 11.8 Å². The van der Waals surface area contributed by atoms with Gasteiger partial charge in [-0.05, 0) is 42.6 Å². The fourth-order valence-corrected chi connectivity index (χ4v) is 7.78. The van der Waals surface area contributed by atoms with Crippen LogP contribution in [0.25, 0.3) is 0 Å². The van der Waals surface area contributed by atoms with E-state index in [-0.39, 0.29) is 35.7 Å². The molecule has 41 heavy (non-hydrogen) atoms. The van der Waals surface area contributed by atoms with Gasteiger partial charge in [0.25, 0.3) is 0 Å². The average molecular weight is 623 g/mol. The first kappa shape index (κ1) is 34.1. The summed E-state index contributed by atoms with van der Waals surface area (Å²) in [5.41, 5.74) is 1.26. The zero-order valence-corrected chi connectivity index (χ0v) is 27.7. The number of piperidine rings is 1. The Morgan fingerprint density at radius 3 is 2.39 bits per heavy atom. The van der Waals surface area contributed by atoms with Gasteiger partial charge >= 0.3 is 0 Å². The normalized spacial score (nSPS) is 21.6. The lowest BCUT2D eigenvalue weighted by Gasteiger charge is -2.35. The van der Waals surface area contributed by atoms with Crippen molar-refractivity contribution < 1.29 is 9.59 Å². The maximum absolute atomic E-state index is 13.6. The van der Waals surface area contributed by atoms with Gasteiger partial charge in [-0.25, -0.2) is 0 Å². The molecule has 0 bridgehead atoms. The fraction of sp³-hybridized carbons (Fsp3) is 0.719. The van der Waals surface area contributed by atoms with Crippen LogP contribution in [-0.4, -0.2) is 69.4 Å². The molecule has 0 radical (unpaired) electrons. The number of nitrogens with one attached hydrogen (secondary N) is 2. The van der Waals surface area contributed by atoms with E-state index in [9.17, 15) is 9.59 Å². The molecule has 6 nitrogen and oxygen atoms in total. The maximum Gasteiger partial charge on any atom is 0.244 e. The number of hydrogen-bond acceptors (Lipinski definition) is 5. The van der Waals surface area contributed by atoms with Crippen LogP contribution >= 0.6 is 36.4 Å². The highest BCUT2D eigenvalue weighted by Gasteiger charge is 2.37. The number of carbonyl (C=O) groups is 2. The first-order chi connectivity index (χ1) is 19.2. The molecule has 2 aliphatic heterocycles. The molecular weight excluding hydrogens is 572 g/mol. The Morgan fingerprint density at radius 2 is 1.73 bits per heavy atom. The van der Waals surface area contributed by atoms with E-state index in [1.54, 1.807) is 16.7 Å². The Hall–Kier alpha value is -1.35. The molecule has 9 heteroatoms. The summed E-state index contributed by atoms with van der Waals surface area (Å²) < 4.78 is 0. The van der Waals surface area contributed by atoms with Gasteiger partial charge in [-0.2, -0.15) is 0 Å². The van der Waals surface area contributed by atoms with E-state index in [1.807, 2.05) is 0 Å². The highest BCUT2D eigenvalue weighted by Crippen LogP contribution is 2.29. The molecule has 2 heterocycles. The van der Waals surface area contributed by atoms with E-state index < -0.39 is 6.04 Å². The highest BCUT2D eigenvalue weighted by atomic mass is 35.5. The van der Waals surface area contributed by atoms with Crippen LogP contribution in [0.2, 0.25) is 0 Å². The van der Waals surface area contributed by atoms with Crippen molar-refractivity contribution in [1.82, 2.24) is 20.4 Å². The summed E-state index contributed by atoms with van der Waals surface area (Å²) in [4.78, 5) is 31.7. The summed E-state index contributed by atoms with van der Waals surface area (Å²) in [5.74, 6) is 1.98. The molecule has 230 valence electrons. The van der Waals surface area contributed by atoms with Gasteiger partial charge in [0.15, 0.2) is 0 Å². The van der Waals surface area contributed by atoms with Crippen LogP contribution in [-0.2, 0) is 16.1 Å². The predicted molar refractivity (Wildman–Crippen MR) is 177 cm³/mol. The van der Waals surface area contributed by atoms with Gasteiger partial charge in [0.1, 0.15) is 6.04 Å². The van der Waals surface area contributed by atoms with E-state index in [2.05, 4.69) is 66.6 Å². The molecule has 1 aromatic carbocycles. The minimum atomic E-state index is -0.416. The lowest BCUT2D eigenvalue weighted by atomic mass is 9.85. The molecular formula is C32H51ClN4O2S2. The summed E-state index contributed by atoms with van der Waals surface area (Å²) in [5, 5.41) is 6.97. The smallest absolute Gasteiger partial charge is 0.244 e. The Kier molecular flexibility index (Phi) is 13.7. The van der Waals surface area contributed by atoms with Gasteiger partial charge in [-0.1, -0.05) is 95.4 Å². The number of benzene rings is 1. The summed E-state index contributed by atoms with van der Waals surface area (Å²) >= 11 is 7.64. The largest absolute Gasteiger partial charge is 0.375 e. The van der Waals surface area contributed by atoms with Crippen LogP contribution in [0.1, 0.15) is 90.5 Å². The maximum atomic E-state index is 13.6. The van der Waals surface area contributed by atoms with Crippen LogP contribution < -0.4 is 10.6 Å². The lowest BCUT2D eigenvalue weighted by molar-refractivity contribution is -0.139. The third-order valence-corrected chi connectivity index (χ3v) is 10.0. The van der Waals surface area contributed by atoms with Crippen molar-refractivity contribution in [2.24, 2.45) is 11.3 Å². The van der Waals surface area contributed by atoms with Gasteiger partial charge in [-0.15, -0.1) is 24.2 Å². The molecule has 1 aromatic rings. The predicted octanol–water partition coefficient (Wildman–Crippen LogP) is 6.17. The van der Waals surface area contributed by atoms with Crippen molar-refractivity contribution in [3.05, 3.63) is 35.9 Å². The van der Waals surface area contributed by atoms with Crippen LogP contribution in [0, 0.1) is 11.3 Å². The van der Waals surface area contributed by atoms with E-state index in [0.29, 0.717) is 24.1 Å². The molecule has 4 rings (SSSR count). The first-order valence-electron chi connectivity index (χ1n) is 15.4. The van der Waals surface area contributed by atoms with Gasteiger partial charge in [0, 0.05) is 37.8 Å². The number of hydrogen-bond donors (Lipinski definition) is 2. The average Bonchev–Trinajstić information content (AvgIpc) is 3.43. The van der Waals surface area contributed by atoms with Crippen molar-refractivity contribution >= 4 is 53.2 Å². The molecule has 2 amide bonds. The standard InChI is InChI=1S/C32H50N4O2S2.ClH/c1-32(2,3)20-29(37)36-23-40-22-28(36)30(38)34-27(15-14-24-10-6-4-7-11-24)31(39)33-26-16-18-35(19-17-26)21-25-12-8-5-9-13-25;/h5,8-9,12-13,24,26-28H,4,6-7,10-11,14-23H2,1-3H3,(H,33,39)(H,34,38);1H/t27-,28+;/m1./s1. The number of thiocarbonyl (C=S) groups is 1. The van der Waals surface area contributed by atoms with Crippen molar-refractivity contribution in [2.75, 3.05) is 24.7 Å². The number of likely N-dealkylation sites (tertiary alicyclic amines) is 1. The van der Waals surface area contributed by atoms with Gasteiger partial charge in [0.05, 0.1) is 16.9 Å². The van der Waals surface area contributed by atoms with Crippen LogP contribution in [0.5, 0.6) is 0 Å². The molecule has 3 aliphatic rings. The topological polar surface area (TPSA) is 64.7 Å². The molecule has 3 fully saturated rings. The second kappa shape index (κ2) is 16.5. The zero-order valence-electron chi connectivity index (χ0n) is 25.2. The van der Waals surface area contributed by atoms with Crippen molar-refractivity contribution in [1.29, 1.82) is 0 Å². The molecule has 1 aliphatic carbocycles. The molecule has 1 saturated carbocycles. The Balaban J connectivity index is 0.00000462. The van der Waals surface area contributed by atoms with E-state index in [0.717, 1.165) is 56.2 Å². The lowest BCUT2D eigenvalue weighted by Crippen LogP contribution is -2.55. The van der Waals surface area contributed by atoms with Crippen molar-refractivity contribution in [2.45, 2.75) is 110 Å². The molecule has 2 atom stereocenters. The SMILES string of the molecule is CC(C)(C)CC(=O)N1CSC[C@H]1C(=O)N[C@H](CCC1CCCCC1)C(=S)NC1CCN(Cc2ccccc2)CC1.Cl. The van der Waals surface area contributed by atoms with Crippen LogP contribution in [0.4, 0.5) is 0 Å². The number of carbonyl (C=O) groups excluding carboxylic acids is 2. The highest BCUT2D eigenvalue weighted by molar-refractivity contribution is 7.99. The van der Waals surface area contributed by atoms with Crippen molar-refractivity contribution in [3.63, 3.8) is 0 Å².